The summed E-state index contributed by atoms with van der Waals surface area (Å²) < 4.78 is 53.4. The number of hydrogen-bond acceptors (Lipinski definition) is 4. The Morgan fingerprint density at radius 2 is 1.95 bits per heavy atom. The quantitative estimate of drug-likeness (QED) is 0.908. The lowest BCUT2D eigenvalue weighted by molar-refractivity contribution is 0.579. The monoisotopic (exact) mass is 299 g/mol. The van der Waals surface area contributed by atoms with Crippen molar-refractivity contribution in [3.05, 3.63) is 47.7 Å². The topological polar surface area (TPSA) is 85.1 Å². The highest BCUT2D eigenvalue weighted by Gasteiger charge is 2.22. The van der Waals surface area contributed by atoms with E-state index in [1.165, 1.54) is 31.3 Å². The second kappa shape index (κ2) is 5.04. The molecule has 0 amide bonds. The fourth-order valence-corrected chi connectivity index (χ4v) is 2.72. The predicted octanol–water partition coefficient (Wildman–Crippen LogP) is 2.05. The summed E-state index contributed by atoms with van der Waals surface area (Å²) in [7, 11) is -4.22. The average Bonchev–Trinajstić information content (AvgIpc) is 2.39. The van der Waals surface area contributed by atoms with Crippen molar-refractivity contribution in [3.63, 3.8) is 0 Å². The third-order valence-electron chi connectivity index (χ3n) is 2.61. The molecule has 0 saturated heterocycles. The molecular weight excluding hydrogens is 288 g/mol. The standard InChI is InChI=1S/C12H11F2N3O2S/c1-7-4-5-8(13)11(10(7)14)17-20(18,19)9-3-2-6-16-12(9)15/h2-6,17H,1H3,(H2,15,16). The number of aromatic nitrogens is 1. The fraction of sp³-hybridized carbons (Fsp3) is 0.0833. The zero-order valence-electron chi connectivity index (χ0n) is 10.4. The Morgan fingerprint density at radius 1 is 1.25 bits per heavy atom. The summed E-state index contributed by atoms with van der Waals surface area (Å²) >= 11 is 0. The van der Waals surface area contributed by atoms with Crippen molar-refractivity contribution >= 4 is 21.5 Å². The van der Waals surface area contributed by atoms with E-state index in [2.05, 4.69) is 4.98 Å². The lowest BCUT2D eigenvalue weighted by atomic mass is 10.2. The minimum atomic E-state index is -4.22. The van der Waals surface area contributed by atoms with Gasteiger partial charge in [-0.3, -0.25) is 4.72 Å². The van der Waals surface area contributed by atoms with Gasteiger partial charge in [-0.05, 0) is 30.7 Å². The number of benzene rings is 1. The number of anilines is 2. The number of hydrogen-bond donors (Lipinski definition) is 2. The Labute approximate surface area is 114 Å². The molecule has 2 aromatic rings. The van der Waals surface area contributed by atoms with Gasteiger partial charge in [-0.1, -0.05) is 6.07 Å². The van der Waals surface area contributed by atoms with E-state index in [0.717, 1.165) is 6.07 Å². The van der Waals surface area contributed by atoms with Gasteiger partial charge in [0.2, 0.25) is 0 Å². The SMILES string of the molecule is Cc1ccc(F)c(NS(=O)(=O)c2cccnc2N)c1F. The van der Waals surface area contributed by atoms with Gasteiger partial charge < -0.3 is 5.73 Å². The molecule has 1 aromatic heterocycles. The van der Waals surface area contributed by atoms with E-state index in [9.17, 15) is 17.2 Å². The third kappa shape index (κ3) is 2.55. The van der Waals surface area contributed by atoms with Crippen molar-refractivity contribution in [3.8, 4) is 0 Å². The molecule has 0 aliphatic rings. The van der Waals surface area contributed by atoms with Gasteiger partial charge >= 0.3 is 0 Å². The van der Waals surface area contributed by atoms with Gasteiger partial charge in [0.15, 0.2) is 5.82 Å². The number of sulfonamides is 1. The van der Waals surface area contributed by atoms with Crippen LogP contribution in [0.1, 0.15) is 5.56 Å². The Kier molecular flexibility index (Phi) is 3.58. The third-order valence-corrected chi connectivity index (χ3v) is 4.01. The molecule has 0 aliphatic heterocycles. The van der Waals surface area contributed by atoms with Crippen LogP contribution in [0.25, 0.3) is 0 Å². The van der Waals surface area contributed by atoms with Gasteiger partial charge in [0.25, 0.3) is 10.0 Å². The molecule has 0 atom stereocenters. The maximum Gasteiger partial charge on any atom is 0.265 e. The van der Waals surface area contributed by atoms with E-state index >= 15 is 0 Å². The van der Waals surface area contributed by atoms with Gasteiger partial charge in [-0.25, -0.2) is 22.2 Å². The maximum absolute atomic E-state index is 13.8. The Morgan fingerprint density at radius 3 is 2.60 bits per heavy atom. The van der Waals surface area contributed by atoms with Crippen LogP contribution in [0.2, 0.25) is 0 Å². The number of nitrogens with zero attached hydrogens (tertiary/aromatic N) is 1. The van der Waals surface area contributed by atoms with Crippen LogP contribution in [0.15, 0.2) is 35.4 Å². The first-order chi connectivity index (χ1) is 9.33. The van der Waals surface area contributed by atoms with Crippen LogP contribution in [-0.2, 0) is 10.0 Å². The molecule has 8 heteroatoms. The van der Waals surface area contributed by atoms with Gasteiger partial charge in [0.05, 0.1) is 0 Å². The van der Waals surface area contributed by atoms with Crippen molar-refractivity contribution in [2.45, 2.75) is 11.8 Å². The van der Waals surface area contributed by atoms with Gasteiger partial charge in [-0.2, -0.15) is 0 Å². The highest BCUT2D eigenvalue weighted by atomic mass is 32.2. The molecule has 0 bridgehead atoms. The minimum Gasteiger partial charge on any atom is -0.383 e. The van der Waals surface area contributed by atoms with E-state index in [1.54, 1.807) is 0 Å². The molecule has 0 aliphatic carbocycles. The molecule has 0 radical (unpaired) electrons. The largest absolute Gasteiger partial charge is 0.383 e. The number of rotatable bonds is 3. The average molecular weight is 299 g/mol. The van der Waals surface area contributed by atoms with E-state index < -0.39 is 27.3 Å². The van der Waals surface area contributed by atoms with Crippen LogP contribution < -0.4 is 10.5 Å². The number of pyridine rings is 1. The molecule has 5 nitrogen and oxygen atoms in total. The number of nitrogen functional groups attached to an aromatic ring is 1. The molecule has 2 rings (SSSR count). The van der Waals surface area contributed by atoms with E-state index in [-0.39, 0.29) is 16.3 Å². The van der Waals surface area contributed by atoms with E-state index in [4.69, 9.17) is 5.73 Å². The van der Waals surface area contributed by atoms with Gasteiger partial charge in [0, 0.05) is 6.20 Å². The van der Waals surface area contributed by atoms with Crippen molar-refractivity contribution in [2.24, 2.45) is 0 Å². The Bertz CT molecular complexity index is 763. The van der Waals surface area contributed by atoms with Crippen molar-refractivity contribution < 1.29 is 17.2 Å². The lowest BCUT2D eigenvalue weighted by Gasteiger charge is -2.11. The summed E-state index contributed by atoms with van der Waals surface area (Å²) in [5, 5.41) is 0. The molecule has 0 fully saturated rings. The normalized spacial score (nSPS) is 11.3. The van der Waals surface area contributed by atoms with Crippen LogP contribution in [0.3, 0.4) is 0 Å². The molecule has 106 valence electrons. The molecule has 0 saturated carbocycles. The molecule has 1 aromatic carbocycles. The smallest absolute Gasteiger partial charge is 0.265 e. The molecular formula is C12H11F2N3O2S. The van der Waals surface area contributed by atoms with Gasteiger partial charge in [0.1, 0.15) is 22.2 Å². The Hall–Kier alpha value is -2.22. The van der Waals surface area contributed by atoms with Crippen LogP contribution >= 0.6 is 0 Å². The van der Waals surface area contributed by atoms with E-state index in [0.29, 0.717) is 0 Å². The fourth-order valence-electron chi connectivity index (χ4n) is 1.57. The minimum absolute atomic E-state index is 0.114. The molecule has 3 N–H and O–H groups in total. The highest BCUT2D eigenvalue weighted by Crippen LogP contribution is 2.25. The number of nitrogens with one attached hydrogen (secondary N) is 1. The van der Waals surface area contributed by atoms with Crippen molar-refractivity contribution in [2.75, 3.05) is 10.5 Å². The zero-order valence-corrected chi connectivity index (χ0v) is 11.2. The number of halogens is 2. The summed E-state index contributed by atoms with van der Waals surface area (Å²) in [6.07, 6.45) is 1.31. The molecule has 20 heavy (non-hydrogen) atoms. The summed E-state index contributed by atoms with van der Waals surface area (Å²) in [6, 6.07) is 4.73. The van der Waals surface area contributed by atoms with Crippen molar-refractivity contribution in [1.82, 2.24) is 4.98 Å². The summed E-state index contributed by atoms with van der Waals surface area (Å²) in [5.74, 6) is -2.25. The predicted molar refractivity (Wildman–Crippen MR) is 70.6 cm³/mol. The first kappa shape index (κ1) is 14.2. The van der Waals surface area contributed by atoms with E-state index in [1.807, 2.05) is 4.72 Å². The van der Waals surface area contributed by atoms with Crippen molar-refractivity contribution in [1.29, 1.82) is 0 Å². The van der Waals surface area contributed by atoms with Crippen LogP contribution in [-0.4, -0.2) is 13.4 Å². The first-order valence-corrected chi connectivity index (χ1v) is 6.99. The van der Waals surface area contributed by atoms with Crippen LogP contribution in [0.4, 0.5) is 20.3 Å². The molecule has 0 unspecified atom stereocenters. The van der Waals surface area contributed by atoms with Gasteiger partial charge in [-0.15, -0.1) is 0 Å². The molecule has 1 heterocycles. The zero-order chi connectivity index (χ0) is 14.9. The summed E-state index contributed by atoms with van der Waals surface area (Å²) in [4.78, 5) is 3.27. The number of nitrogens with two attached hydrogens (primary N) is 1. The second-order valence-electron chi connectivity index (χ2n) is 4.05. The summed E-state index contributed by atoms with van der Waals surface area (Å²) in [5.41, 5.74) is 4.82. The molecule has 0 spiro atoms. The first-order valence-electron chi connectivity index (χ1n) is 5.51. The maximum atomic E-state index is 13.8. The summed E-state index contributed by atoms with van der Waals surface area (Å²) in [6.45, 7) is 1.39. The Balaban J connectivity index is 2.50. The second-order valence-corrected chi connectivity index (χ2v) is 5.70. The lowest BCUT2D eigenvalue weighted by Crippen LogP contribution is -2.17. The van der Waals surface area contributed by atoms with Crippen LogP contribution in [0, 0.1) is 18.6 Å². The highest BCUT2D eigenvalue weighted by molar-refractivity contribution is 7.92. The van der Waals surface area contributed by atoms with Crippen LogP contribution in [0.5, 0.6) is 0 Å². The number of aryl methyl sites for hydroxylation is 1.